The van der Waals surface area contributed by atoms with Gasteiger partial charge in [0.1, 0.15) is 5.75 Å². The topological polar surface area (TPSA) is 69.3 Å². The first kappa shape index (κ1) is 22.2. The molecule has 1 atom stereocenters. The molecule has 3 rings (SSSR count). The summed E-state index contributed by atoms with van der Waals surface area (Å²) in [6, 6.07) is 12.9. The molecule has 1 amide bonds. The van der Waals surface area contributed by atoms with E-state index in [0.717, 1.165) is 18.7 Å². The standard InChI is InChI=1S/C22H27ClN2O5/c1-27-20-8-7-16(13-21(20)28-2)18(25-9-11-29-12-10-25)14-24-22(26)15-30-19-6-4-3-5-17(19)23/h3-8,13,18H,9-12,14-15H2,1-2H3,(H,24,26). The molecule has 1 aliphatic rings. The highest BCUT2D eigenvalue weighted by molar-refractivity contribution is 6.32. The summed E-state index contributed by atoms with van der Waals surface area (Å²) in [5.41, 5.74) is 1.03. The third-order valence-electron chi connectivity index (χ3n) is 4.97. The first-order valence-corrected chi connectivity index (χ1v) is 10.2. The number of hydrogen-bond donors (Lipinski definition) is 1. The Morgan fingerprint density at radius 1 is 1.10 bits per heavy atom. The van der Waals surface area contributed by atoms with Crippen LogP contribution in [-0.2, 0) is 9.53 Å². The van der Waals surface area contributed by atoms with Crippen molar-refractivity contribution in [2.24, 2.45) is 0 Å². The number of halogens is 1. The van der Waals surface area contributed by atoms with Gasteiger partial charge in [-0.15, -0.1) is 0 Å². The molecule has 0 aliphatic carbocycles. The molecule has 2 aromatic rings. The van der Waals surface area contributed by atoms with Crippen LogP contribution in [0.2, 0.25) is 5.02 Å². The second-order valence-corrected chi connectivity index (χ2v) is 7.21. The highest BCUT2D eigenvalue weighted by Crippen LogP contribution is 2.32. The van der Waals surface area contributed by atoms with E-state index >= 15 is 0 Å². The summed E-state index contributed by atoms with van der Waals surface area (Å²) in [6.45, 7) is 3.21. The van der Waals surface area contributed by atoms with E-state index in [1.165, 1.54) is 0 Å². The highest BCUT2D eigenvalue weighted by atomic mass is 35.5. The van der Waals surface area contributed by atoms with Gasteiger partial charge < -0.3 is 24.3 Å². The summed E-state index contributed by atoms with van der Waals surface area (Å²) in [5, 5.41) is 3.45. The van der Waals surface area contributed by atoms with Gasteiger partial charge in [0.25, 0.3) is 5.91 Å². The highest BCUT2D eigenvalue weighted by Gasteiger charge is 2.24. The molecule has 2 aromatic carbocycles. The second kappa shape index (κ2) is 11.1. The summed E-state index contributed by atoms with van der Waals surface area (Å²) < 4.78 is 21.8. The summed E-state index contributed by atoms with van der Waals surface area (Å²) in [7, 11) is 3.22. The maximum Gasteiger partial charge on any atom is 0.258 e. The van der Waals surface area contributed by atoms with Crippen molar-refractivity contribution in [2.75, 3.05) is 53.7 Å². The lowest BCUT2D eigenvalue weighted by Gasteiger charge is -2.35. The molecule has 30 heavy (non-hydrogen) atoms. The number of para-hydroxylation sites is 1. The van der Waals surface area contributed by atoms with Gasteiger partial charge in [0.2, 0.25) is 0 Å². The monoisotopic (exact) mass is 434 g/mol. The number of nitrogens with one attached hydrogen (secondary N) is 1. The van der Waals surface area contributed by atoms with Crippen LogP contribution in [0.15, 0.2) is 42.5 Å². The van der Waals surface area contributed by atoms with E-state index in [0.29, 0.717) is 42.0 Å². The predicted molar refractivity (Wildman–Crippen MR) is 115 cm³/mol. The van der Waals surface area contributed by atoms with Gasteiger partial charge in [-0.05, 0) is 29.8 Å². The molecule has 7 nitrogen and oxygen atoms in total. The largest absolute Gasteiger partial charge is 0.493 e. The SMILES string of the molecule is COc1ccc(C(CNC(=O)COc2ccccc2Cl)N2CCOCC2)cc1OC. The fourth-order valence-electron chi connectivity index (χ4n) is 3.37. The Bertz CT molecular complexity index is 842. The van der Waals surface area contributed by atoms with E-state index in [1.54, 1.807) is 26.4 Å². The smallest absolute Gasteiger partial charge is 0.258 e. The quantitative estimate of drug-likeness (QED) is 0.654. The van der Waals surface area contributed by atoms with Crippen LogP contribution in [0.4, 0.5) is 0 Å². The molecule has 1 fully saturated rings. The lowest BCUT2D eigenvalue weighted by Crippen LogP contribution is -2.44. The maximum atomic E-state index is 12.4. The minimum Gasteiger partial charge on any atom is -0.493 e. The Hall–Kier alpha value is -2.48. The van der Waals surface area contributed by atoms with Crippen LogP contribution in [-0.4, -0.2) is 64.5 Å². The fraction of sp³-hybridized carbons (Fsp3) is 0.409. The maximum absolute atomic E-state index is 12.4. The molecule has 0 saturated carbocycles. The molecular weight excluding hydrogens is 408 g/mol. The number of methoxy groups -OCH3 is 2. The number of carbonyl (C=O) groups excluding carboxylic acids is 1. The molecule has 0 bridgehead atoms. The average molecular weight is 435 g/mol. The molecule has 1 unspecified atom stereocenters. The van der Waals surface area contributed by atoms with E-state index in [1.807, 2.05) is 30.3 Å². The number of hydrogen-bond acceptors (Lipinski definition) is 6. The third-order valence-corrected chi connectivity index (χ3v) is 5.28. The molecule has 0 spiro atoms. The van der Waals surface area contributed by atoms with Gasteiger partial charge in [-0.1, -0.05) is 29.8 Å². The van der Waals surface area contributed by atoms with Gasteiger partial charge in [0.05, 0.1) is 38.5 Å². The third kappa shape index (κ3) is 5.78. The Labute approximate surface area is 181 Å². The Morgan fingerprint density at radius 3 is 2.53 bits per heavy atom. The lowest BCUT2D eigenvalue weighted by molar-refractivity contribution is -0.123. The molecule has 0 aromatic heterocycles. The van der Waals surface area contributed by atoms with Crippen molar-refractivity contribution >= 4 is 17.5 Å². The van der Waals surface area contributed by atoms with Crippen molar-refractivity contribution in [3.63, 3.8) is 0 Å². The number of morpholine rings is 1. The van der Waals surface area contributed by atoms with E-state index in [4.69, 9.17) is 30.5 Å². The number of carbonyl (C=O) groups is 1. The van der Waals surface area contributed by atoms with Gasteiger partial charge in [0.15, 0.2) is 18.1 Å². The van der Waals surface area contributed by atoms with Crippen LogP contribution in [0.5, 0.6) is 17.2 Å². The zero-order valence-corrected chi connectivity index (χ0v) is 18.0. The molecule has 8 heteroatoms. The first-order chi connectivity index (χ1) is 14.6. The Kier molecular flexibility index (Phi) is 8.19. The molecule has 1 aliphatic heterocycles. The van der Waals surface area contributed by atoms with Crippen LogP contribution >= 0.6 is 11.6 Å². The van der Waals surface area contributed by atoms with Gasteiger partial charge >= 0.3 is 0 Å². The van der Waals surface area contributed by atoms with Crippen molar-refractivity contribution < 1.29 is 23.7 Å². The van der Waals surface area contributed by atoms with Crippen LogP contribution < -0.4 is 19.5 Å². The number of benzene rings is 2. The molecule has 162 valence electrons. The average Bonchev–Trinajstić information content (AvgIpc) is 2.79. The molecular formula is C22H27ClN2O5. The van der Waals surface area contributed by atoms with Crippen molar-refractivity contribution in [3.8, 4) is 17.2 Å². The first-order valence-electron chi connectivity index (χ1n) is 9.80. The number of ether oxygens (including phenoxy) is 4. The minimum absolute atomic E-state index is 0.0297. The van der Waals surface area contributed by atoms with Crippen molar-refractivity contribution in [1.82, 2.24) is 10.2 Å². The van der Waals surface area contributed by atoms with Crippen molar-refractivity contribution in [1.29, 1.82) is 0 Å². The fourth-order valence-corrected chi connectivity index (χ4v) is 3.56. The number of amides is 1. The molecule has 1 saturated heterocycles. The number of rotatable bonds is 9. The second-order valence-electron chi connectivity index (χ2n) is 6.80. The van der Waals surface area contributed by atoms with E-state index < -0.39 is 0 Å². The number of nitrogens with zero attached hydrogens (tertiary/aromatic N) is 1. The lowest BCUT2D eigenvalue weighted by atomic mass is 10.0. The normalized spacial score (nSPS) is 15.3. The summed E-state index contributed by atoms with van der Waals surface area (Å²) in [6.07, 6.45) is 0. The zero-order valence-electron chi connectivity index (χ0n) is 17.2. The molecule has 0 radical (unpaired) electrons. The summed E-state index contributed by atoms with van der Waals surface area (Å²) in [5.74, 6) is 1.59. The van der Waals surface area contributed by atoms with Crippen LogP contribution in [0.25, 0.3) is 0 Å². The predicted octanol–water partition coefficient (Wildman–Crippen LogP) is 2.93. The molecule has 1 N–H and O–H groups in total. The van der Waals surface area contributed by atoms with Crippen molar-refractivity contribution in [3.05, 3.63) is 53.1 Å². The van der Waals surface area contributed by atoms with Crippen LogP contribution in [0, 0.1) is 0 Å². The van der Waals surface area contributed by atoms with Gasteiger partial charge in [-0.3, -0.25) is 9.69 Å². The Morgan fingerprint density at radius 2 is 1.83 bits per heavy atom. The van der Waals surface area contributed by atoms with Crippen molar-refractivity contribution in [2.45, 2.75) is 6.04 Å². The minimum atomic E-state index is -0.214. The summed E-state index contributed by atoms with van der Waals surface area (Å²) in [4.78, 5) is 14.7. The van der Waals surface area contributed by atoms with Gasteiger partial charge in [0, 0.05) is 19.6 Å². The van der Waals surface area contributed by atoms with E-state index in [9.17, 15) is 4.79 Å². The summed E-state index contributed by atoms with van der Waals surface area (Å²) >= 11 is 6.07. The van der Waals surface area contributed by atoms with Crippen LogP contribution in [0.1, 0.15) is 11.6 Å². The van der Waals surface area contributed by atoms with Gasteiger partial charge in [-0.2, -0.15) is 0 Å². The zero-order chi connectivity index (χ0) is 21.3. The van der Waals surface area contributed by atoms with E-state index in [2.05, 4.69) is 10.2 Å². The molecule has 1 heterocycles. The van der Waals surface area contributed by atoms with E-state index in [-0.39, 0.29) is 18.6 Å². The van der Waals surface area contributed by atoms with Gasteiger partial charge in [-0.25, -0.2) is 0 Å². The Balaban J connectivity index is 1.67. The van der Waals surface area contributed by atoms with Crippen LogP contribution in [0.3, 0.4) is 0 Å².